The summed E-state index contributed by atoms with van der Waals surface area (Å²) in [5, 5.41) is 6.04. The minimum Gasteiger partial charge on any atom is -1.00 e. The van der Waals surface area contributed by atoms with Crippen LogP contribution in [0, 0.1) is 0 Å². The monoisotopic (exact) mass is 657 g/mol. The molecule has 4 rings (SSSR count). The summed E-state index contributed by atoms with van der Waals surface area (Å²) in [7, 11) is 7.32. The minimum absolute atomic E-state index is 0. The van der Waals surface area contributed by atoms with Crippen molar-refractivity contribution in [2.24, 2.45) is 0 Å². The number of hydrogen-bond donors (Lipinski definition) is 0. The van der Waals surface area contributed by atoms with Gasteiger partial charge in [0, 0.05) is 13.1 Å². The molecular weight excluding hydrogens is 616 g/mol. The largest absolute Gasteiger partial charge is 2.00 e. The molecule has 0 saturated carbocycles. The van der Waals surface area contributed by atoms with Crippen LogP contribution in [0.4, 0.5) is 0 Å². The van der Waals surface area contributed by atoms with E-state index in [0.29, 0.717) is 0 Å². The van der Waals surface area contributed by atoms with Crippen LogP contribution in [0.1, 0.15) is 0 Å². The summed E-state index contributed by atoms with van der Waals surface area (Å²) in [5.41, 5.74) is 0. The molecule has 0 atom stereocenters. The third-order valence-corrected chi connectivity index (χ3v) is 11.7. The molecular formula is C32H42ClN2P2Pd+3. The zero-order chi connectivity index (χ0) is 25.6. The third kappa shape index (κ3) is 12.2. The van der Waals surface area contributed by atoms with Gasteiger partial charge in [-0.05, 0) is 76.7 Å². The first-order valence-corrected chi connectivity index (χ1v) is 16.2. The Morgan fingerprint density at radius 2 is 0.632 bits per heavy atom. The van der Waals surface area contributed by atoms with Crippen LogP contribution in [0.5, 0.6) is 0 Å². The molecule has 0 aliphatic rings. The summed E-state index contributed by atoms with van der Waals surface area (Å²) >= 11 is 0. The van der Waals surface area contributed by atoms with Gasteiger partial charge in [0.05, 0.1) is 49.4 Å². The Morgan fingerprint density at radius 3 is 0.816 bits per heavy atom. The Bertz CT molecular complexity index is 931. The number of rotatable bonds is 10. The van der Waals surface area contributed by atoms with Crippen molar-refractivity contribution >= 4 is 37.1 Å². The Morgan fingerprint density at radius 1 is 0.421 bits per heavy atom. The summed E-state index contributed by atoms with van der Waals surface area (Å²) in [6, 6.07) is 43.8. The van der Waals surface area contributed by atoms with Crippen molar-refractivity contribution in [3.63, 3.8) is 0 Å². The van der Waals surface area contributed by atoms with E-state index in [2.05, 4.69) is 159 Å². The second-order valence-corrected chi connectivity index (χ2v) is 14.8. The molecule has 0 N–H and O–H groups in total. The Hall–Kier alpha value is -1.39. The van der Waals surface area contributed by atoms with E-state index >= 15 is 0 Å². The molecule has 0 amide bonds. The maximum atomic E-state index is 2.27. The number of nitrogens with zero attached hydrogens (tertiary/aromatic N) is 2. The van der Waals surface area contributed by atoms with Gasteiger partial charge < -0.3 is 22.2 Å². The van der Waals surface area contributed by atoms with Crippen molar-refractivity contribution in [1.29, 1.82) is 0 Å². The fraction of sp³-hybridized carbons (Fsp3) is 0.250. The fourth-order valence-corrected chi connectivity index (χ4v) is 9.68. The zero-order valence-electron chi connectivity index (χ0n) is 23.0. The molecule has 0 saturated heterocycles. The zero-order valence-corrected chi connectivity index (χ0v) is 27.3. The van der Waals surface area contributed by atoms with E-state index in [1.807, 2.05) is 0 Å². The Balaban J connectivity index is 0.000000361. The van der Waals surface area contributed by atoms with E-state index in [1.54, 1.807) is 0 Å². The minimum atomic E-state index is -0.637. The van der Waals surface area contributed by atoms with Gasteiger partial charge >= 0.3 is 20.4 Å². The van der Waals surface area contributed by atoms with Gasteiger partial charge in [-0.15, -0.1) is 0 Å². The molecule has 0 bridgehead atoms. The van der Waals surface area contributed by atoms with Crippen LogP contribution in [0.2, 0.25) is 0 Å². The molecule has 4 aromatic carbocycles. The molecule has 204 valence electrons. The van der Waals surface area contributed by atoms with Crippen molar-refractivity contribution in [3.05, 3.63) is 121 Å². The molecule has 38 heavy (non-hydrogen) atoms. The predicted octanol–water partition coefficient (Wildman–Crippen LogP) is 1.83. The van der Waals surface area contributed by atoms with Gasteiger partial charge in [-0.2, -0.15) is 0 Å². The van der Waals surface area contributed by atoms with Crippen LogP contribution >= 0.6 is 15.8 Å². The van der Waals surface area contributed by atoms with Gasteiger partial charge in [-0.1, -0.05) is 72.8 Å². The van der Waals surface area contributed by atoms with Crippen LogP contribution in [0.25, 0.3) is 0 Å². The summed E-state index contributed by atoms with van der Waals surface area (Å²) in [6.45, 7) is 2.30. The molecule has 0 unspecified atom stereocenters. The Labute approximate surface area is 253 Å². The van der Waals surface area contributed by atoms with Crippen molar-refractivity contribution in [3.8, 4) is 0 Å². The summed E-state index contributed by atoms with van der Waals surface area (Å²) in [5.74, 6) is 0. The second-order valence-electron chi connectivity index (χ2n) is 9.53. The quantitative estimate of drug-likeness (QED) is 0.190. The van der Waals surface area contributed by atoms with Crippen molar-refractivity contribution in [2.45, 2.75) is 0 Å². The maximum absolute atomic E-state index is 2.27. The molecule has 0 aliphatic heterocycles. The number of benzene rings is 4. The summed E-state index contributed by atoms with van der Waals surface area (Å²) in [4.78, 5) is 4.55. The van der Waals surface area contributed by atoms with Crippen LogP contribution in [-0.4, -0.2) is 63.4 Å². The average molecular weight is 659 g/mol. The van der Waals surface area contributed by atoms with E-state index in [-0.39, 0.29) is 32.8 Å². The molecule has 0 radical (unpaired) electrons. The van der Waals surface area contributed by atoms with Crippen molar-refractivity contribution in [1.82, 2.24) is 9.80 Å². The van der Waals surface area contributed by atoms with E-state index < -0.39 is 15.8 Å². The van der Waals surface area contributed by atoms with Crippen LogP contribution < -0.4 is 33.6 Å². The molecule has 4 aromatic rings. The normalized spacial score (nSPS) is 10.5. The SMILES string of the molecule is CN(C)CC[PH+](c1ccccc1)c1ccccc1.CN(C)CC[PH+](c1ccccc1)c1ccccc1.[Cl-].[Pd+2]. The molecule has 0 spiro atoms. The number of hydrogen-bond acceptors (Lipinski definition) is 2. The Kier molecular flexibility index (Phi) is 17.9. The number of halogens is 1. The van der Waals surface area contributed by atoms with E-state index in [9.17, 15) is 0 Å². The van der Waals surface area contributed by atoms with Gasteiger partial charge in [0.2, 0.25) is 0 Å². The van der Waals surface area contributed by atoms with E-state index in [0.717, 1.165) is 13.1 Å². The molecule has 6 heteroatoms. The van der Waals surface area contributed by atoms with E-state index in [1.165, 1.54) is 33.5 Å². The van der Waals surface area contributed by atoms with Crippen LogP contribution in [-0.2, 0) is 20.4 Å². The van der Waals surface area contributed by atoms with Crippen LogP contribution in [0.15, 0.2) is 121 Å². The smallest absolute Gasteiger partial charge is 1.00 e. The molecule has 0 aliphatic carbocycles. The second kappa shape index (κ2) is 19.6. The summed E-state index contributed by atoms with van der Waals surface area (Å²) in [6.07, 6.45) is 2.51. The van der Waals surface area contributed by atoms with Gasteiger partial charge in [-0.3, -0.25) is 0 Å². The van der Waals surface area contributed by atoms with E-state index in [4.69, 9.17) is 0 Å². The molecule has 2 nitrogen and oxygen atoms in total. The summed E-state index contributed by atoms with van der Waals surface area (Å²) < 4.78 is 0. The third-order valence-electron chi connectivity index (χ3n) is 6.11. The van der Waals surface area contributed by atoms with Gasteiger partial charge in [0.15, 0.2) is 0 Å². The van der Waals surface area contributed by atoms with Crippen molar-refractivity contribution < 1.29 is 32.8 Å². The topological polar surface area (TPSA) is 6.48 Å². The maximum Gasteiger partial charge on any atom is 2.00 e. The molecule has 0 aromatic heterocycles. The molecule has 0 fully saturated rings. The first-order chi connectivity index (χ1) is 17.5. The fourth-order valence-electron chi connectivity index (χ4n) is 4.14. The first-order valence-electron chi connectivity index (χ1n) is 12.8. The first kappa shape index (κ1) is 34.6. The van der Waals surface area contributed by atoms with Gasteiger partial charge in [0.25, 0.3) is 0 Å². The van der Waals surface area contributed by atoms with Gasteiger partial charge in [-0.25, -0.2) is 0 Å². The predicted molar refractivity (Wildman–Crippen MR) is 168 cm³/mol. The average Bonchev–Trinajstić information content (AvgIpc) is 2.91. The molecule has 0 heterocycles. The van der Waals surface area contributed by atoms with Crippen LogP contribution in [0.3, 0.4) is 0 Å². The van der Waals surface area contributed by atoms with Crippen molar-refractivity contribution in [2.75, 3.05) is 53.6 Å². The standard InChI is InChI=1S/2C16H20NP.ClH.Pd/c2*1-17(2)13-14-18(15-9-5-3-6-10-15)16-11-7-4-8-12-16;;/h2*3-12H,13-14H2,1-2H3;1H;/q;;;+2/p+1. The van der Waals surface area contributed by atoms with Gasteiger partial charge in [0.1, 0.15) is 0 Å².